The number of carbonyl (C=O) groups is 1. The molecule has 8 nitrogen and oxygen atoms in total. The van der Waals surface area contributed by atoms with E-state index in [1.165, 1.54) is 0 Å². The van der Waals surface area contributed by atoms with E-state index in [0.717, 1.165) is 52.1 Å². The summed E-state index contributed by atoms with van der Waals surface area (Å²) < 4.78 is 11.9. The lowest BCUT2D eigenvalue weighted by molar-refractivity contribution is 0.102. The Morgan fingerprint density at radius 3 is 2.58 bits per heavy atom. The number of hydrogen-bond acceptors (Lipinski definition) is 7. The van der Waals surface area contributed by atoms with Crippen molar-refractivity contribution in [2.24, 2.45) is 0 Å². The molecular formula is C35H35N5O3. The van der Waals surface area contributed by atoms with Gasteiger partial charge >= 0.3 is 0 Å². The van der Waals surface area contributed by atoms with Crippen LogP contribution in [0.3, 0.4) is 0 Å². The van der Waals surface area contributed by atoms with Gasteiger partial charge in [0.1, 0.15) is 12.4 Å². The van der Waals surface area contributed by atoms with Crippen molar-refractivity contribution in [2.45, 2.75) is 26.5 Å². The molecule has 6 rings (SSSR count). The summed E-state index contributed by atoms with van der Waals surface area (Å²) in [5, 5.41) is 7.22. The van der Waals surface area contributed by atoms with Crippen LogP contribution in [0, 0.1) is 0 Å². The Kier molecular flexibility index (Phi) is 8.47. The molecule has 4 aromatic carbocycles. The molecule has 1 aromatic heterocycles. The number of nitrogens with one attached hydrogen (secondary N) is 2. The number of hydrogen-bond donors (Lipinski definition) is 2. The van der Waals surface area contributed by atoms with Crippen molar-refractivity contribution in [2.75, 3.05) is 41.8 Å². The fourth-order valence-corrected chi connectivity index (χ4v) is 5.10. The summed E-state index contributed by atoms with van der Waals surface area (Å²) in [7, 11) is 0. The molecule has 0 spiro atoms. The van der Waals surface area contributed by atoms with Crippen molar-refractivity contribution in [1.82, 2.24) is 9.97 Å². The molecular weight excluding hydrogens is 538 g/mol. The molecule has 0 saturated carbocycles. The average Bonchev–Trinajstić information content (AvgIpc) is 3.04. The second-order valence-electron chi connectivity index (χ2n) is 10.9. The molecule has 1 fully saturated rings. The Morgan fingerprint density at radius 1 is 0.953 bits per heavy atom. The normalized spacial score (nSPS) is 13.2. The maximum Gasteiger partial charge on any atom is 0.255 e. The van der Waals surface area contributed by atoms with Gasteiger partial charge in [-0.1, -0.05) is 48.5 Å². The van der Waals surface area contributed by atoms with Crippen LogP contribution in [0.1, 0.15) is 29.8 Å². The number of amides is 1. The van der Waals surface area contributed by atoms with Gasteiger partial charge in [0.2, 0.25) is 5.95 Å². The van der Waals surface area contributed by atoms with Crippen molar-refractivity contribution in [3.05, 3.63) is 108 Å². The molecule has 8 heteroatoms. The molecule has 1 saturated heterocycles. The Balaban J connectivity index is 1.29. The van der Waals surface area contributed by atoms with Gasteiger partial charge in [0.05, 0.1) is 18.7 Å². The number of benzene rings is 4. The van der Waals surface area contributed by atoms with Crippen LogP contribution in [0.4, 0.5) is 17.3 Å². The summed E-state index contributed by atoms with van der Waals surface area (Å²) in [6.07, 6.45) is 1.82. The Morgan fingerprint density at radius 2 is 1.77 bits per heavy atom. The first-order valence-electron chi connectivity index (χ1n) is 14.6. The van der Waals surface area contributed by atoms with Gasteiger partial charge in [0.15, 0.2) is 0 Å². The van der Waals surface area contributed by atoms with E-state index in [1.54, 1.807) is 0 Å². The first-order valence-corrected chi connectivity index (χ1v) is 14.6. The van der Waals surface area contributed by atoms with Crippen LogP contribution < -0.4 is 20.3 Å². The number of morpholine rings is 1. The van der Waals surface area contributed by atoms with E-state index in [2.05, 4.69) is 40.4 Å². The average molecular weight is 574 g/mol. The van der Waals surface area contributed by atoms with Gasteiger partial charge in [-0.25, -0.2) is 9.97 Å². The van der Waals surface area contributed by atoms with E-state index in [4.69, 9.17) is 14.5 Å². The minimum Gasteiger partial charge on any atom is -0.488 e. The minimum absolute atomic E-state index is 0.179. The molecule has 218 valence electrons. The van der Waals surface area contributed by atoms with Crippen LogP contribution in [0.5, 0.6) is 5.75 Å². The van der Waals surface area contributed by atoms with Crippen LogP contribution in [0.2, 0.25) is 0 Å². The molecule has 1 aliphatic heterocycles. The van der Waals surface area contributed by atoms with E-state index >= 15 is 0 Å². The summed E-state index contributed by atoms with van der Waals surface area (Å²) in [5.41, 5.74) is 5.94. The molecule has 2 heterocycles. The summed E-state index contributed by atoms with van der Waals surface area (Å²) in [5.74, 6) is 1.07. The van der Waals surface area contributed by atoms with Crippen LogP contribution in [-0.2, 0) is 11.3 Å². The largest absolute Gasteiger partial charge is 0.488 e. The van der Waals surface area contributed by atoms with E-state index in [-0.39, 0.29) is 11.9 Å². The maximum absolute atomic E-state index is 13.4. The lowest BCUT2D eigenvalue weighted by atomic mass is 10.00. The number of carbonyl (C=O) groups excluding carboxylic acids is 1. The van der Waals surface area contributed by atoms with Crippen molar-refractivity contribution in [3.63, 3.8) is 0 Å². The Hall–Kier alpha value is -4.95. The molecule has 1 amide bonds. The molecule has 0 atom stereocenters. The second kappa shape index (κ2) is 12.9. The molecule has 0 radical (unpaired) electrons. The molecule has 2 N–H and O–H groups in total. The highest BCUT2D eigenvalue weighted by molar-refractivity contribution is 6.05. The first-order chi connectivity index (χ1) is 21.0. The molecule has 0 bridgehead atoms. The SMILES string of the molecule is CC(C)Nc1ncc2cc(-c3cccc(C(=O)Nc4cccc(N5CCOCC5)c4)c3)c(OCc3ccccc3)cc2n1. The van der Waals surface area contributed by atoms with Crippen LogP contribution >= 0.6 is 0 Å². The van der Waals surface area contributed by atoms with E-state index in [0.29, 0.717) is 37.1 Å². The number of ether oxygens (including phenoxy) is 2. The van der Waals surface area contributed by atoms with Crippen LogP contribution in [-0.4, -0.2) is 48.2 Å². The van der Waals surface area contributed by atoms with Gasteiger partial charge in [-0.15, -0.1) is 0 Å². The predicted molar refractivity (Wildman–Crippen MR) is 172 cm³/mol. The van der Waals surface area contributed by atoms with Crippen molar-refractivity contribution >= 4 is 34.1 Å². The number of rotatable bonds is 9. The lowest BCUT2D eigenvalue weighted by Crippen LogP contribution is -2.36. The van der Waals surface area contributed by atoms with E-state index in [1.807, 2.05) is 91.1 Å². The van der Waals surface area contributed by atoms with Crippen LogP contribution in [0.15, 0.2) is 97.2 Å². The fourth-order valence-electron chi connectivity index (χ4n) is 5.10. The highest BCUT2D eigenvalue weighted by atomic mass is 16.5. The third-order valence-electron chi connectivity index (χ3n) is 7.25. The number of nitrogens with zero attached hydrogens (tertiary/aromatic N) is 3. The Bertz CT molecular complexity index is 1720. The smallest absolute Gasteiger partial charge is 0.255 e. The standard InChI is InChI=1S/C35H35N5O3/c1-24(2)37-35-36-22-28-19-31(33(21-32(28)39-35)43-23-25-8-4-3-5-9-25)26-10-6-11-27(18-26)34(41)38-29-12-7-13-30(20-29)40-14-16-42-17-15-40/h3-13,18-22,24H,14-17,23H2,1-2H3,(H,38,41)(H,36,37,39). The topological polar surface area (TPSA) is 88.6 Å². The summed E-state index contributed by atoms with van der Waals surface area (Å²) in [6, 6.07) is 29.8. The van der Waals surface area contributed by atoms with E-state index < -0.39 is 0 Å². The zero-order valence-electron chi connectivity index (χ0n) is 24.4. The number of anilines is 3. The number of aromatic nitrogens is 2. The van der Waals surface area contributed by atoms with Crippen molar-refractivity contribution in [3.8, 4) is 16.9 Å². The summed E-state index contributed by atoms with van der Waals surface area (Å²) in [6.45, 7) is 7.58. The van der Waals surface area contributed by atoms with Gasteiger partial charge in [0, 0.05) is 59.3 Å². The summed E-state index contributed by atoms with van der Waals surface area (Å²) in [4.78, 5) is 24.9. The quantitative estimate of drug-likeness (QED) is 0.201. The van der Waals surface area contributed by atoms with Crippen molar-refractivity contribution < 1.29 is 14.3 Å². The van der Waals surface area contributed by atoms with Gasteiger partial charge in [-0.3, -0.25) is 4.79 Å². The molecule has 0 unspecified atom stereocenters. The zero-order chi connectivity index (χ0) is 29.6. The van der Waals surface area contributed by atoms with Crippen molar-refractivity contribution in [1.29, 1.82) is 0 Å². The minimum atomic E-state index is -0.179. The Labute approximate surface area is 251 Å². The maximum atomic E-state index is 13.4. The highest BCUT2D eigenvalue weighted by Gasteiger charge is 2.16. The third kappa shape index (κ3) is 6.93. The van der Waals surface area contributed by atoms with Gasteiger partial charge < -0.3 is 25.0 Å². The molecule has 0 aliphatic carbocycles. The first kappa shape index (κ1) is 28.2. The fraction of sp³-hybridized carbons (Fsp3) is 0.229. The molecule has 1 aliphatic rings. The highest BCUT2D eigenvalue weighted by Crippen LogP contribution is 2.35. The predicted octanol–water partition coefficient (Wildman–Crippen LogP) is 6.79. The molecule has 43 heavy (non-hydrogen) atoms. The summed E-state index contributed by atoms with van der Waals surface area (Å²) >= 11 is 0. The molecule has 5 aromatic rings. The second-order valence-corrected chi connectivity index (χ2v) is 10.9. The number of fused-ring (bicyclic) bond motifs is 1. The third-order valence-corrected chi connectivity index (χ3v) is 7.25. The monoisotopic (exact) mass is 573 g/mol. The lowest BCUT2D eigenvalue weighted by Gasteiger charge is -2.29. The van der Waals surface area contributed by atoms with E-state index in [9.17, 15) is 4.79 Å². The zero-order valence-corrected chi connectivity index (χ0v) is 24.4. The van der Waals surface area contributed by atoms with Gasteiger partial charge in [-0.2, -0.15) is 0 Å². The van der Waals surface area contributed by atoms with Gasteiger partial charge in [-0.05, 0) is 61.4 Å². The van der Waals surface area contributed by atoms with Gasteiger partial charge in [0.25, 0.3) is 5.91 Å². The van der Waals surface area contributed by atoms with Crippen LogP contribution in [0.25, 0.3) is 22.0 Å².